The highest BCUT2D eigenvalue weighted by atomic mass is 16.3. The topological polar surface area (TPSA) is 775 Å². The number of hydrogen-bond donors (Lipinski definition) is 31. The van der Waals surface area contributed by atoms with Crippen LogP contribution in [-0.4, -0.2) is 280 Å². The molecule has 14 rings (SSSR count). The molecule has 7 aromatic rings. The number of anilines is 2. The molecular formula is C85H122N36O14. The van der Waals surface area contributed by atoms with Crippen LogP contribution in [0.4, 0.5) is 11.4 Å². The fraction of sp³-hybridized carbons (Fsp3) is 0.341. The van der Waals surface area contributed by atoms with Crippen molar-refractivity contribution < 1.29 is 71.5 Å². The van der Waals surface area contributed by atoms with Gasteiger partial charge in [-0.25, -0.2) is 59.9 Å². The molecule has 135 heavy (non-hydrogen) atoms. The van der Waals surface area contributed by atoms with Gasteiger partial charge in [-0.05, 0) is 131 Å². The number of aliphatic imine (C=N–C) groups is 14. The minimum Gasteiger partial charge on any atom is -0.504 e. The summed E-state index contributed by atoms with van der Waals surface area (Å²) in [4.78, 5) is 67.8. The molecule has 7 unspecified atom stereocenters. The van der Waals surface area contributed by atoms with Crippen LogP contribution in [0.5, 0.6) is 80.5 Å². The van der Waals surface area contributed by atoms with E-state index in [2.05, 4.69) is 132 Å². The summed E-state index contributed by atoms with van der Waals surface area (Å²) in [6.45, 7) is 15.4. The molecular weight excluding hydrogens is 1750 g/mol. The van der Waals surface area contributed by atoms with Crippen molar-refractivity contribution in [3.63, 3.8) is 0 Å². The molecule has 7 atom stereocenters. The highest BCUT2D eigenvalue weighted by Gasteiger charge is 2.29. The van der Waals surface area contributed by atoms with Crippen LogP contribution in [0, 0.1) is 5.92 Å². The van der Waals surface area contributed by atoms with Crippen molar-refractivity contribution in [1.82, 2.24) is 67.5 Å². The normalized spacial score (nSPS) is 19.3. The second-order valence-corrected chi connectivity index (χ2v) is 30.9. The third-order valence-corrected chi connectivity index (χ3v) is 19.4. The summed E-state index contributed by atoms with van der Waals surface area (Å²) in [6.07, 6.45) is -0.230. The van der Waals surface area contributed by atoms with Gasteiger partial charge < -0.3 is 147 Å². The number of guanidine groups is 14. The van der Waals surface area contributed by atoms with E-state index in [1.54, 1.807) is 123 Å². The monoisotopic (exact) mass is 1870 g/mol. The van der Waals surface area contributed by atoms with Crippen molar-refractivity contribution in [2.45, 2.75) is 124 Å². The van der Waals surface area contributed by atoms with Crippen molar-refractivity contribution in [1.29, 1.82) is 0 Å². The van der Waals surface area contributed by atoms with Gasteiger partial charge in [0, 0.05) is 79.6 Å². The molecule has 0 aromatic heterocycles. The highest BCUT2D eigenvalue weighted by Crippen LogP contribution is 2.37. The molecule has 0 aliphatic carbocycles. The van der Waals surface area contributed by atoms with Crippen molar-refractivity contribution in [2.75, 3.05) is 72.1 Å². The first-order valence-electron chi connectivity index (χ1n) is 42.0. The third kappa shape index (κ3) is 31.1. The van der Waals surface area contributed by atoms with Gasteiger partial charge in [0.15, 0.2) is 128 Å². The fourth-order valence-electron chi connectivity index (χ4n) is 12.6. The average molecular weight is 1870 g/mol. The van der Waals surface area contributed by atoms with Gasteiger partial charge in [-0.2, -0.15) is 0 Å². The molecule has 50 heteroatoms. The van der Waals surface area contributed by atoms with E-state index in [1.807, 2.05) is 63.7 Å². The molecule has 0 saturated carbocycles. The van der Waals surface area contributed by atoms with Gasteiger partial charge in [-0.3, -0.25) is 52.5 Å². The highest BCUT2D eigenvalue weighted by molar-refractivity contribution is 6.09. The Hall–Kier alpha value is -17.1. The Bertz CT molecular complexity index is 5720. The molecule has 0 radical (unpaired) electrons. The number of likely N-dealkylation sites (N-methyl/N-ethyl adjacent to an activating group) is 1. The predicted octanol–water partition coefficient (Wildman–Crippen LogP) is 0.609. The SMILES string of the molecule is CC(C)C1N=C(N(C)C)N(C)C(=NCCc2cccc(O)c2O)N1.CC1N=C(N)NC(=NCc2cccc(O)c2O)N1.CC1N=C(N)NC(N(C)CCc2cccc(O)c2O)=N1.CC1N=C(N)NC(N(C)Cc2cccc(O)c2O)=N1.CC1N=C(N)NC(N(C)c2cccc(O)c2O)=N1.CC1N=C(N)NC(Nc2cccc(O)c2O)=N1.NC1=NC(N)NC(=NCCc2cccc(O)c2O)N1. The quantitative estimate of drug-likeness (QED) is 0.0589. The second kappa shape index (κ2) is 48.5. The molecule has 50 nitrogen and oxygen atoms in total. The summed E-state index contributed by atoms with van der Waals surface area (Å²) >= 11 is 0. The lowest BCUT2D eigenvalue weighted by Crippen LogP contribution is -2.56. The summed E-state index contributed by atoms with van der Waals surface area (Å²) in [5, 5.41) is 163. The van der Waals surface area contributed by atoms with Crippen LogP contribution in [0.25, 0.3) is 0 Å². The first-order chi connectivity index (χ1) is 63.9. The van der Waals surface area contributed by atoms with Gasteiger partial charge >= 0.3 is 0 Å². The van der Waals surface area contributed by atoms with Crippen LogP contribution in [-0.2, 0) is 32.4 Å². The van der Waals surface area contributed by atoms with E-state index in [4.69, 9.17) is 45.1 Å². The Morgan fingerprint density at radius 2 is 0.785 bits per heavy atom. The summed E-state index contributed by atoms with van der Waals surface area (Å²) in [5.74, 6) is 4.50. The minimum absolute atomic E-state index is 0.0217. The van der Waals surface area contributed by atoms with Crippen molar-refractivity contribution in [2.24, 2.45) is 116 Å². The number of phenols is 14. The van der Waals surface area contributed by atoms with Crippen LogP contribution >= 0.6 is 0 Å². The largest absolute Gasteiger partial charge is 0.504 e. The van der Waals surface area contributed by atoms with Crippen LogP contribution in [0.3, 0.4) is 0 Å². The van der Waals surface area contributed by atoms with Gasteiger partial charge in [0.2, 0.25) is 41.7 Å². The lowest BCUT2D eigenvalue weighted by molar-refractivity contribution is 0.388. The second-order valence-electron chi connectivity index (χ2n) is 30.9. The molecule has 7 aliphatic rings. The van der Waals surface area contributed by atoms with E-state index in [9.17, 15) is 71.5 Å². The zero-order valence-corrected chi connectivity index (χ0v) is 76.7. The van der Waals surface area contributed by atoms with Crippen LogP contribution in [0.2, 0.25) is 0 Å². The molecule has 0 amide bonds. The third-order valence-electron chi connectivity index (χ3n) is 19.4. The lowest BCUT2D eigenvalue weighted by Gasteiger charge is -2.36. The Morgan fingerprint density at radius 3 is 1.27 bits per heavy atom. The van der Waals surface area contributed by atoms with E-state index < -0.39 is 6.29 Å². The van der Waals surface area contributed by atoms with Crippen molar-refractivity contribution >= 4 is 94.8 Å². The summed E-state index contributed by atoms with van der Waals surface area (Å²) < 4.78 is 0. The number of nitrogens with zero attached hydrogens (tertiary/aromatic N) is 19. The number of hydrogen-bond acceptors (Lipinski definition) is 44. The van der Waals surface area contributed by atoms with Crippen LogP contribution in [0.1, 0.15) is 76.3 Å². The Kier molecular flexibility index (Phi) is 37.1. The molecule has 7 aliphatic heterocycles. The van der Waals surface area contributed by atoms with E-state index in [0.717, 1.165) is 11.9 Å². The lowest BCUT2D eigenvalue weighted by atomic mass is 10.1. The van der Waals surface area contributed by atoms with Crippen LogP contribution < -0.4 is 98.2 Å². The standard InChI is InChI=1S/C17H27N5O2.C13H19N5O2.C12H17N5O2.C11H16N6O2.2C11H15N5O2.C10H13N5O2/c1-11(2)15-19-16(22(5)17(20-15)21(3)4)18-10-9-12-7-6-8-13(23)14(12)24;1-8-15-12(14)17-13(16-8)18(2)7-6-9-4-3-5-10(19)11(9)20;1-7-14-11(13)16-12(15-7)17(2)6-8-4-3-5-9(18)10(8)19;12-9-15-10(13)17-11(16-9)14-5-4-6-2-1-3-7(18)8(6)19;1-6-13-10(12)15-11(14-6)16(2)7-4-3-5-8(17)9(7)18;1-6-14-10(12)16-11(15-6)13-5-7-3-2-4-8(17)9(7)18;1-5-12-9(11)15-10(13-5)14-6-3-2-4-7(16)8(6)17/h6-8,11,15,23-24H,9-10H2,1-5H3,(H,18,19);3-5,8,19-20H,6-7H2,1-2H3,(H3,14,15,16,17);3-5,7,18-19H,6H2,1-2H3,(H3,13,14,15,16);1-3,9,18-19H,4-5,12H2,(H4,13,14,15,16,17);3-6,17-18H,1-2H3,(H3,12,13,14,15);2-4,6,17-18H,5H2,1H3,(H4,12,13,14,15,16);2-5,16-17H,1H3,(H4,11,12,13,14,15). The maximum atomic E-state index is 9.87. The molecule has 7 aromatic carbocycles. The molecule has 0 bridgehead atoms. The van der Waals surface area contributed by atoms with E-state index in [-0.39, 0.29) is 142 Å². The average Bonchev–Trinajstić information content (AvgIpc) is 0.812. The summed E-state index contributed by atoms with van der Waals surface area (Å²) in [5.41, 5.74) is 43.0. The van der Waals surface area contributed by atoms with Gasteiger partial charge in [-0.15, -0.1) is 0 Å². The molecule has 7 heterocycles. The number of aromatic hydroxyl groups is 14. The zero-order chi connectivity index (χ0) is 99.2. The smallest absolute Gasteiger partial charge is 0.207 e. The predicted molar refractivity (Wildman–Crippen MR) is 522 cm³/mol. The van der Waals surface area contributed by atoms with Gasteiger partial charge in [0.25, 0.3) is 0 Å². The van der Waals surface area contributed by atoms with Crippen LogP contribution in [0.15, 0.2) is 197 Å². The maximum Gasteiger partial charge on any atom is 0.207 e. The molecule has 0 fully saturated rings. The summed E-state index contributed by atoms with van der Waals surface area (Å²) in [7, 11) is 11.2. The van der Waals surface area contributed by atoms with E-state index in [0.29, 0.717) is 144 Å². The first-order valence-corrected chi connectivity index (χ1v) is 42.0. The van der Waals surface area contributed by atoms with Gasteiger partial charge in [0.05, 0.1) is 17.9 Å². The minimum atomic E-state index is -0.617. The van der Waals surface area contributed by atoms with E-state index in [1.165, 1.54) is 42.5 Å². The molecule has 726 valence electrons. The Labute approximate surface area is 778 Å². The van der Waals surface area contributed by atoms with Crippen molar-refractivity contribution in [3.05, 3.63) is 155 Å². The molecule has 0 saturated heterocycles. The van der Waals surface area contributed by atoms with E-state index >= 15 is 0 Å². The number of rotatable bonds is 16. The molecule has 38 N–H and O–H groups in total. The number of para-hydroxylation sites is 7. The number of phenolic OH excluding ortho intramolecular Hbond substituents is 14. The number of nitrogens with one attached hydrogen (secondary N) is 10. The zero-order valence-electron chi connectivity index (χ0n) is 76.7. The Morgan fingerprint density at radius 1 is 0.393 bits per heavy atom. The van der Waals surface area contributed by atoms with Gasteiger partial charge in [-0.1, -0.05) is 86.6 Å². The maximum absolute atomic E-state index is 9.87. The van der Waals surface area contributed by atoms with Crippen molar-refractivity contribution in [3.8, 4) is 80.5 Å². The van der Waals surface area contributed by atoms with Gasteiger partial charge in [0.1, 0.15) is 37.0 Å². The number of benzene rings is 7. The first kappa shape index (κ1) is 103. The Balaban J connectivity index is 0.000000194. The number of nitrogens with two attached hydrogens (primary N) is 7. The molecule has 0 spiro atoms. The fourth-order valence-corrected chi connectivity index (χ4v) is 12.6. The summed E-state index contributed by atoms with van der Waals surface area (Å²) in [6, 6.07) is 33.6.